The van der Waals surface area contributed by atoms with Crippen molar-refractivity contribution in [1.82, 2.24) is 9.80 Å². The van der Waals surface area contributed by atoms with Gasteiger partial charge in [-0.15, -0.1) is 0 Å². The number of nitrogens with zero attached hydrogens (tertiary/aromatic N) is 4. The van der Waals surface area contributed by atoms with Gasteiger partial charge in [-0.3, -0.25) is 0 Å². The van der Waals surface area contributed by atoms with E-state index in [9.17, 15) is 0 Å². The number of likely N-dealkylation sites (N-methyl/N-ethyl adjacent to an activating group) is 3. The van der Waals surface area contributed by atoms with E-state index in [1.807, 2.05) is 0 Å². The first-order chi connectivity index (χ1) is 8.95. The molecule has 0 N–H and O–H groups in total. The molecule has 1 aliphatic heterocycles. The molecule has 1 rings (SSSR count). The maximum atomic E-state index is 5.31. The van der Waals surface area contributed by atoms with Crippen LogP contribution in [0.4, 0.5) is 0 Å². The zero-order valence-corrected chi connectivity index (χ0v) is 16.6. The Balaban J connectivity index is 3.05. The Bertz CT molecular complexity index is 353. The molecule has 119 valence electrons. The third-order valence-corrected chi connectivity index (χ3v) is 11.5. The van der Waals surface area contributed by atoms with Gasteiger partial charge in [0.05, 0.1) is 0 Å². The third kappa shape index (κ3) is 5.30. The van der Waals surface area contributed by atoms with Gasteiger partial charge in [-0.05, 0) is 0 Å². The fourth-order valence-electron chi connectivity index (χ4n) is 2.95. The number of quaternary nitrogens is 1. The Labute approximate surface area is 130 Å². The van der Waals surface area contributed by atoms with Crippen LogP contribution in [0.3, 0.4) is 0 Å². The van der Waals surface area contributed by atoms with Crippen LogP contribution in [0.15, 0.2) is 3.42 Å². The molecule has 1 fully saturated rings. The van der Waals surface area contributed by atoms with Gasteiger partial charge >= 0.3 is 130 Å². The fraction of sp³-hybridized carbons (Fsp3) is 1.00. The maximum absolute atomic E-state index is 5.31. The van der Waals surface area contributed by atoms with Crippen LogP contribution in [0, 0.1) is 0 Å². The van der Waals surface area contributed by atoms with E-state index in [2.05, 4.69) is 62.2 Å². The predicted octanol–water partition coefficient (Wildman–Crippen LogP) is 2.46. The second-order valence-corrected chi connectivity index (χ2v) is 14.9. The van der Waals surface area contributed by atoms with Crippen LogP contribution in [0.1, 0.15) is 20.8 Å². The van der Waals surface area contributed by atoms with Crippen molar-refractivity contribution >= 4 is 0 Å². The first kappa shape index (κ1) is 18.4. The predicted molar refractivity (Wildman–Crippen MR) is 84.8 cm³/mol. The normalized spacial score (nSPS) is 23.8. The number of hydrogen-bond acceptors (Lipinski definition) is 3. The minimum atomic E-state index is -2.26. The van der Waals surface area contributed by atoms with E-state index in [0.29, 0.717) is 0 Å². The van der Waals surface area contributed by atoms with Gasteiger partial charge in [0.25, 0.3) is 0 Å². The Morgan fingerprint density at radius 3 is 1.65 bits per heavy atom. The zero-order valence-electron chi connectivity index (χ0n) is 15.0. The molecule has 0 aliphatic carbocycles. The summed E-state index contributed by atoms with van der Waals surface area (Å²) >= 11 is -2.26. The van der Waals surface area contributed by atoms with Gasteiger partial charge in [0.1, 0.15) is 0 Å². The van der Waals surface area contributed by atoms with Crippen molar-refractivity contribution < 1.29 is 19.6 Å². The summed E-state index contributed by atoms with van der Waals surface area (Å²) in [6.45, 7) is 14.0. The number of rotatable bonds is 1. The van der Waals surface area contributed by atoms with E-state index in [1.165, 1.54) is 42.2 Å². The molecule has 1 saturated heterocycles. The summed E-state index contributed by atoms with van der Waals surface area (Å²) in [4.78, 5) is 4.96. The first-order valence-electron chi connectivity index (χ1n) is 7.91. The van der Waals surface area contributed by atoms with Crippen LogP contribution in [-0.2, 0) is 16.7 Å². The van der Waals surface area contributed by atoms with Crippen molar-refractivity contribution in [2.75, 3.05) is 60.4 Å². The SMILES string of the molecule is CN1CCN(C)CC[N+](C)([Ti]([CH3])([CH3])=[N]C(C)(C)C)CC1. The second kappa shape index (κ2) is 6.66. The summed E-state index contributed by atoms with van der Waals surface area (Å²) in [7, 11) is 6.97. The molecule has 0 saturated carbocycles. The van der Waals surface area contributed by atoms with E-state index in [4.69, 9.17) is 3.42 Å². The van der Waals surface area contributed by atoms with Crippen molar-refractivity contribution in [1.29, 1.82) is 0 Å². The molecule has 0 aromatic rings. The standard InChI is InChI=1S/C9H21N3.C4H9N.2CH3.Ti/c1-10-4-6-11(2)8-9-12(3)7-5-10;1-4(2,3)5;;;/h4-9H2,1-3H3;1-3H3;2*1H3;/q;;;;+1. The molecule has 0 aromatic carbocycles. The van der Waals surface area contributed by atoms with E-state index in [0.717, 1.165) is 0 Å². The van der Waals surface area contributed by atoms with E-state index >= 15 is 0 Å². The molecule has 20 heavy (non-hydrogen) atoms. The molecular formula is C15H36N4Ti+. The Hall–Kier alpha value is 0.394. The van der Waals surface area contributed by atoms with Gasteiger partial charge in [-0.2, -0.15) is 0 Å². The topological polar surface area (TPSA) is 18.8 Å². The molecule has 1 aliphatic rings. The minimum absolute atomic E-state index is 0.0982. The first-order valence-corrected chi connectivity index (χ1v) is 12.4. The van der Waals surface area contributed by atoms with Crippen LogP contribution in [-0.4, -0.2) is 78.7 Å². The Morgan fingerprint density at radius 2 is 1.30 bits per heavy atom. The van der Waals surface area contributed by atoms with Gasteiger partial charge in [0.2, 0.25) is 0 Å². The summed E-state index contributed by atoms with van der Waals surface area (Å²) in [5.74, 6) is 0. The summed E-state index contributed by atoms with van der Waals surface area (Å²) < 4.78 is 6.51. The molecule has 0 unspecified atom stereocenters. The molecular weight excluding hydrogens is 284 g/mol. The van der Waals surface area contributed by atoms with Crippen molar-refractivity contribution in [2.45, 2.75) is 36.8 Å². The summed E-state index contributed by atoms with van der Waals surface area (Å²) in [5, 5.41) is 4.98. The van der Waals surface area contributed by atoms with Gasteiger partial charge in [0.15, 0.2) is 0 Å². The molecule has 0 radical (unpaired) electrons. The monoisotopic (exact) mass is 320 g/mol. The van der Waals surface area contributed by atoms with E-state index < -0.39 is 16.7 Å². The summed E-state index contributed by atoms with van der Waals surface area (Å²) in [6, 6.07) is 0. The van der Waals surface area contributed by atoms with Crippen LogP contribution >= 0.6 is 0 Å². The summed E-state index contributed by atoms with van der Waals surface area (Å²) in [5.41, 5.74) is 0.0982. The Kier molecular flexibility index (Phi) is 6.14. The zero-order chi connectivity index (χ0) is 15.6. The van der Waals surface area contributed by atoms with Gasteiger partial charge < -0.3 is 0 Å². The van der Waals surface area contributed by atoms with E-state index in [-0.39, 0.29) is 5.54 Å². The van der Waals surface area contributed by atoms with Crippen molar-refractivity contribution in [3.63, 3.8) is 0 Å². The summed E-state index contributed by atoms with van der Waals surface area (Å²) in [6.07, 6.45) is 0. The molecule has 0 atom stereocenters. The molecule has 0 amide bonds. The van der Waals surface area contributed by atoms with Gasteiger partial charge in [-0.1, -0.05) is 0 Å². The molecule has 0 aromatic heterocycles. The Morgan fingerprint density at radius 1 is 0.900 bits per heavy atom. The molecule has 4 nitrogen and oxygen atoms in total. The van der Waals surface area contributed by atoms with Crippen LogP contribution < -0.4 is 0 Å². The second-order valence-electron chi connectivity index (χ2n) is 8.23. The average Bonchev–Trinajstić information content (AvgIpc) is 2.32. The molecule has 5 heteroatoms. The van der Waals surface area contributed by atoms with E-state index in [1.54, 1.807) is 0 Å². The molecule has 1 heterocycles. The van der Waals surface area contributed by atoms with Crippen molar-refractivity contribution in [2.24, 2.45) is 3.42 Å². The quantitative estimate of drug-likeness (QED) is 0.691. The van der Waals surface area contributed by atoms with Crippen LogP contribution in [0.5, 0.6) is 0 Å². The average molecular weight is 320 g/mol. The third-order valence-electron chi connectivity index (χ3n) is 4.74. The van der Waals surface area contributed by atoms with Gasteiger partial charge in [0, 0.05) is 0 Å². The molecule has 0 bridgehead atoms. The number of hydrogen-bond donors (Lipinski definition) is 0. The molecule has 0 spiro atoms. The van der Waals surface area contributed by atoms with Crippen molar-refractivity contribution in [3.05, 3.63) is 0 Å². The van der Waals surface area contributed by atoms with Crippen LogP contribution in [0.2, 0.25) is 10.5 Å². The fourth-order valence-corrected chi connectivity index (χ4v) is 7.91. The van der Waals surface area contributed by atoms with Crippen molar-refractivity contribution in [3.8, 4) is 0 Å². The van der Waals surface area contributed by atoms with Crippen LogP contribution in [0.25, 0.3) is 0 Å². The van der Waals surface area contributed by atoms with Gasteiger partial charge in [-0.25, -0.2) is 0 Å².